The van der Waals surface area contributed by atoms with Crippen molar-refractivity contribution < 1.29 is 17.9 Å². The van der Waals surface area contributed by atoms with Gasteiger partial charge in [-0.15, -0.1) is 0 Å². The Balaban J connectivity index is 1.77. The molecule has 2 aromatic carbocycles. The molecule has 0 bridgehead atoms. The van der Waals surface area contributed by atoms with Crippen LogP contribution in [0.25, 0.3) is 0 Å². The topological polar surface area (TPSA) is 87.7 Å². The molecule has 0 aliphatic heterocycles. The zero-order valence-electron chi connectivity index (χ0n) is 17.8. The van der Waals surface area contributed by atoms with Crippen LogP contribution in [0.4, 0.5) is 0 Å². The first-order valence-electron chi connectivity index (χ1n) is 10.2. The summed E-state index contributed by atoms with van der Waals surface area (Å²) >= 11 is 0. The molecule has 0 saturated heterocycles. The van der Waals surface area contributed by atoms with Crippen molar-refractivity contribution >= 4 is 15.9 Å². The predicted octanol–water partition coefficient (Wildman–Crippen LogP) is 2.56. The van der Waals surface area contributed by atoms with Gasteiger partial charge in [-0.1, -0.05) is 44.2 Å². The van der Waals surface area contributed by atoms with Crippen LogP contribution in [-0.4, -0.2) is 51.4 Å². The SMILES string of the molecule is CCN(CC)S(=O)(=O)c1ccc(C(C)NCC(=O)NCCOc2ccccc2)cc1. The zero-order chi connectivity index (χ0) is 22.0. The van der Waals surface area contributed by atoms with Gasteiger partial charge in [0.15, 0.2) is 0 Å². The molecular weight excluding hydrogens is 402 g/mol. The van der Waals surface area contributed by atoms with E-state index in [1.165, 1.54) is 4.31 Å². The lowest BCUT2D eigenvalue weighted by molar-refractivity contribution is -0.120. The van der Waals surface area contributed by atoms with Gasteiger partial charge in [-0.05, 0) is 36.8 Å². The molecule has 1 atom stereocenters. The number of rotatable bonds is 12. The molecule has 164 valence electrons. The molecular formula is C22H31N3O4S. The van der Waals surface area contributed by atoms with Crippen LogP contribution in [0, 0.1) is 0 Å². The molecule has 2 aromatic rings. The molecule has 2 N–H and O–H groups in total. The Hall–Kier alpha value is -2.42. The summed E-state index contributed by atoms with van der Waals surface area (Å²) in [5.74, 6) is 0.643. The molecule has 7 nitrogen and oxygen atoms in total. The third-order valence-electron chi connectivity index (χ3n) is 4.73. The average molecular weight is 434 g/mol. The number of nitrogens with zero attached hydrogens (tertiary/aromatic N) is 1. The molecule has 0 aromatic heterocycles. The van der Waals surface area contributed by atoms with Crippen molar-refractivity contribution in [1.29, 1.82) is 0 Å². The quantitative estimate of drug-likeness (QED) is 0.503. The van der Waals surface area contributed by atoms with Gasteiger partial charge in [-0.3, -0.25) is 4.79 Å². The van der Waals surface area contributed by atoms with Crippen LogP contribution in [-0.2, 0) is 14.8 Å². The second-order valence-corrected chi connectivity index (χ2v) is 8.71. The van der Waals surface area contributed by atoms with Crippen LogP contribution in [0.5, 0.6) is 5.75 Å². The largest absolute Gasteiger partial charge is 0.492 e. The first kappa shape index (κ1) is 23.9. The van der Waals surface area contributed by atoms with E-state index in [0.29, 0.717) is 26.2 Å². The molecule has 0 saturated carbocycles. The summed E-state index contributed by atoms with van der Waals surface area (Å²) in [6, 6.07) is 16.1. The highest BCUT2D eigenvalue weighted by Gasteiger charge is 2.21. The lowest BCUT2D eigenvalue weighted by Crippen LogP contribution is -2.37. The van der Waals surface area contributed by atoms with Gasteiger partial charge in [0, 0.05) is 19.1 Å². The third-order valence-corrected chi connectivity index (χ3v) is 6.79. The molecule has 0 fully saturated rings. The smallest absolute Gasteiger partial charge is 0.243 e. The molecule has 0 radical (unpaired) electrons. The van der Waals surface area contributed by atoms with E-state index in [1.54, 1.807) is 24.3 Å². The van der Waals surface area contributed by atoms with Crippen LogP contribution >= 0.6 is 0 Å². The number of sulfonamides is 1. The summed E-state index contributed by atoms with van der Waals surface area (Å²) in [5, 5.41) is 5.95. The fraction of sp³-hybridized carbons (Fsp3) is 0.409. The Labute approximate surface area is 179 Å². The Morgan fingerprint density at radius 3 is 2.27 bits per heavy atom. The number of hydrogen-bond donors (Lipinski definition) is 2. The minimum Gasteiger partial charge on any atom is -0.492 e. The maximum atomic E-state index is 12.6. The Bertz CT molecular complexity index is 882. The van der Waals surface area contributed by atoms with Gasteiger partial charge in [0.2, 0.25) is 15.9 Å². The highest BCUT2D eigenvalue weighted by molar-refractivity contribution is 7.89. The second kappa shape index (κ2) is 11.7. The second-order valence-electron chi connectivity index (χ2n) is 6.77. The van der Waals surface area contributed by atoms with Crippen LogP contribution < -0.4 is 15.4 Å². The van der Waals surface area contributed by atoms with E-state index in [2.05, 4.69) is 10.6 Å². The van der Waals surface area contributed by atoms with Crippen LogP contribution in [0.15, 0.2) is 59.5 Å². The highest BCUT2D eigenvalue weighted by Crippen LogP contribution is 2.19. The fourth-order valence-corrected chi connectivity index (χ4v) is 4.40. The first-order chi connectivity index (χ1) is 14.4. The fourth-order valence-electron chi connectivity index (χ4n) is 2.94. The molecule has 2 rings (SSSR count). The van der Waals surface area contributed by atoms with Crippen molar-refractivity contribution in [3.8, 4) is 5.75 Å². The van der Waals surface area contributed by atoms with E-state index in [4.69, 9.17) is 4.74 Å². The summed E-state index contributed by atoms with van der Waals surface area (Å²) in [6.07, 6.45) is 0. The number of hydrogen-bond acceptors (Lipinski definition) is 5. The maximum Gasteiger partial charge on any atom is 0.243 e. The van der Waals surface area contributed by atoms with Crippen molar-refractivity contribution in [1.82, 2.24) is 14.9 Å². The highest BCUT2D eigenvalue weighted by atomic mass is 32.2. The molecule has 0 heterocycles. The van der Waals surface area contributed by atoms with Crippen molar-refractivity contribution in [2.24, 2.45) is 0 Å². The molecule has 0 aliphatic rings. The summed E-state index contributed by atoms with van der Waals surface area (Å²) in [4.78, 5) is 12.3. The average Bonchev–Trinajstić information content (AvgIpc) is 2.76. The number of benzene rings is 2. The van der Waals surface area contributed by atoms with E-state index in [1.807, 2.05) is 51.1 Å². The molecule has 1 amide bonds. The van der Waals surface area contributed by atoms with Crippen molar-refractivity contribution in [3.63, 3.8) is 0 Å². The lowest BCUT2D eigenvalue weighted by atomic mass is 10.1. The number of carbonyl (C=O) groups is 1. The van der Waals surface area contributed by atoms with E-state index in [9.17, 15) is 13.2 Å². The van der Waals surface area contributed by atoms with Gasteiger partial charge in [-0.2, -0.15) is 4.31 Å². The van der Waals surface area contributed by atoms with Crippen LogP contribution in [0.3, 0.4) is 0 Å². The van der Waals surface area contributed by atoms with Gasteiger partial charge < -0.3 is 15.4 Å². The van der Waals surface area contributed by atoms with Gasteiger partial charge in [0.25, 0.3) is 0 Å². The molecule has 0 spiro atoms. The number of ether oxygens (including phenoxy) is 1. The lowest BCUT2D eigenvalue weighted by Gasteiger charge is -2.19. The summed E-state index contributed by atoms with van der Waals surface area (Å²) < 4.78 is 32.1. The molecule has 0 aliphatic carbocycles. The van der Waals surface area contributed by atoms with Crippen molar-refractivity contribution in [3.05, 3.63) is 60.2 Å². The van der Waals surface area contributed by atoms with Crippen molar-refractivity contribution in [2.75, 3.05) is 32.8 Å². The summed E-state index contributed by atoms with van der Waals surface area (Å²) in [5.41, 5.74) is 0.911. The monoisotopic (exact) mass is 433 g/mol. The zero-order valence-corrected chi connectivity index (χ0v) is 18.6. The number of carbonyl (C=O) groups excluding carboxylic acids is 1. The molecule has 8 heteroatoms. The van der Waals surface area contributed by atoms with E-state index in [-0.39, 0.29) is 23.4 Å². The maximum absolute atomic E-state index is 12.6. The number of nitrogens with one attached hydrogen (secondary N) is 2. The van der Waals surface area contributed by atoms with E-state index in [0.717, 1.165) is 11.3 Å². The Kier molecular flexibility index (Phi) is 9.29. The third kappa shape index (κ3) is 6.83. The van der Waals surface area contributed by atoms with Gasteiger partial charge >= 0.3 is 0 Å². The predicted molar refractivity (Wildman–Crippen MR) is 118 cm³/mol. The number of amides is 1. The number of para-hydroxylation sites is 1. The standard InChI is InChI=1S/C22H31N3O4S/c1-4-25(5-2)30(27,28)21-13-11-19(12-14-21)18(3)24-17-22(26)23-15-16-29-20-9-7-6-8-10-20/h6-14,18,24H,4-5,15-17H2,1-3H3,(H,23,26). The van der Waals surface area contributed by atoms with Crippen LogP contribution in [0.1, 0.15) is 32.4 Å². The van der Waals surface area contributed by atoms with E-state index >= 15 is 0 Å². The normalized spacial score (nSPS) is 12.5. The van der Waals surface area contributed by atoms with Gasteiger partial charge in [0.1, 0.15) is 12.4 Å². The van der Waals surface area contributed by atoms with E-state index < -0.39 is 10.0 Å². The summed E-state index contributed by atoms with van der Waals surface area (Å²) in [6.45, 7) is 7.41. The molecule has 30 heavy (non-hydrogen) atoms. The van der Waals surface area contributed by atoms with Gasteiger partial charge in [-0.25, -0.2) is 8.42 Å². The summed E-state index contributed by atoms with van der Waals surface area (Å²) in [7, 11) is -3.47. The molecule has 1 unspecified atom stereocenters. The Morgan fingerprint density at radius 1 is 1.03 bits per heavy atom. The van der Waals surface area contributed by atoms with Gasteiger partial charge in [0.05, 0.1) is 18.0 Å². The van der Waals surface area contributed by atoms with Crippen molar-refractivity contribution in [2.45, 2.75) is 31.7 Å². The van der Waals surface area contributed by atoms with Crippen LogP contribution in [0.2, 0.25) is 0 Å². The minimum atomic E-state index is -3.47. The minimum absolute atomic E-state index is 0.0958. The Morgan fingerprint density at radius 2 is 1.67 bits per heavy atom. The first-order valence-corrected chi connectivity index (χ1v) is 11.6.